The lowest BCUT2D eigenvalue weighted by Crippen LogP contribution is -2.08. The van der Waals surface area contributed by atoms with Crippen molar-refractivity contribution in [2.45, 2.75) is 20.0 Å². The van der Waals surface area contributed by atoms with E-state index in [2.05, 4.69) is 0 Å². The van der Waals surface area contributed by atoms with Gasteiger partial charge in [0.25, 0.3) is 0 Å². The zero-order chi connectivity index (χ0) is 10.7. The molecule has 0 spiro atoms. The molecule has 0 radical (unpaired) electrons. The van der Waals surface area contributed by atoms with Gasteiger partial charge in [-0.05, 0) is 19.9 Å². The van der Waals surface area contributed by atoms with Gasteiger partial charge >= 0.3 is 0 Å². The SMILES string of the molecule is CC(C)Oc1cc(F)cc(C#N)c1F. The topological polar surface area (TPSA) is 33.0 Å². The minimum Gasteiger partial charge on any atom is -0.488 e. The van der Waals surface area contributed by atoms with Crippen molar-refractivity contribution in [3.05, 3.63) is 29.3 Å². The summed E-state index contributed by atoms with van der Waals surface area (Å²) < 4.78 is 31.1. The van der Waals surface area contributed by atoms with E-state index in [1.807, 2.05) is 0 Å². The number of nitriles is 1. The molecule has 0 saturated heterocycles. The lowest BCUT2D eigenvalue weighted by atomic mass is 10.2. The molecule has 2 nitrogen and oxygen atoms in total. The van der Waals surface area contributed by atoms with E-state index in [1.54, 1.807) is 19.9 Å². The molecule has 0 saturated carbocycles. The highest BCUT2D eigenvalue weighted by molar-refractivity contribution is 5.39. The van der Waals surface area contributed by atoms with E-state index in [0.717, 1.165) is 12.1 Å². The minimum absolute atomic E-state index is 0.225. The van der Waals surface area contributed by atoms with Crippen LogP contribution in [0.15, 0.2) is 12.1 Å². The fourth-order valence-corrected chi connectivity index (χ4v) is 0.985. The molecule has 0 aliphatic heterocycles. The molecule has 0 unspecified atom stereocenters. The van der Waals surface area contributed by atoms with Crippen LogP contribution < -0.4 is 4.74 Å². The smallest absolute Gasteiger partial charge is 0.183 e. The number of rotatable bonds is 2. The Hall–Kier alpha value is -1.63. The van der Waals surface area contributed by atoms with Crippen LogP contribution in [-0.4, -0.2) is 6.10 Å². The molecule has 0 N–H and O–H groups in total. The Bertz CT molecular complexity index is 382. The highest BCUT2D eigenvalue weighted by Crippen LogP contribution is 2.22. The second-order valence-corrected chi connectivity index (χ2v) is 3.04. The number of benzene rings is 1. The van der Waals surface area contributed by atoms with E-state index in [1.165, 1.54) is 0 Å². The van der Waals surface area contributed by atoms with Crippen LogP contribution in [0.5, 0.6) is 5.75 Å². The van der Waals surface area contributed by atoms with Crippen molar-refractivity contribution in [3.63, 3.8) is 0 Å². The zero-order valence-corrected chi connectivity index (χ0v) is 7.84. The van der Waals surface area contributed by atoms with Crippen LogP contribution in [0.3, 0.4) is 0 Å². The van der Waals surface area contributed by atoms with Crippen molar-refractivity contribution < 1.29 is 13.5 Å². The number of ether oxygens (including phenoxy) is 1. The maximum absolute atomic E-state index is 13.3. The second-order valence-electron chi connectivity index (χ2n) is 3.04. The van der Waals surface area contributed by atoms with Crippen LogP contribution >= 0.6 is 0 Å². The summed E-state index contributed by atoms with van der Waals surface area (Å²) in [6.45, 7) is 3.38. The van der Waals surface area contributed by atoms with Gasteiger partial charge in [0.2, 0.25) is 0 Å². The molecule has 0 atom stereocenters. The zero-order valence-electron chi connectivity index (χ0n) is 7.84. The monoisotopic (exact) mass is 197 g/mol. The summed E-state index contributed by atoms with van der Waals surface area (Å²) in [5.41, 5.74) is -0.347. The first-order valence-electron chi connectivity index (χ1n) is 4.10. The first-order chi connectivity index (χ1) is 6.54. The van der Waals surface area contributed by atoms with Crippen LogP contribution in [0.4, 0.5) is 8.78 Å². The third-order valence-electron chi connectivity index (χ3n) is 1.49. The summed E-state index contributed by atoms with van der Waals surface area (Å²) in [4.78, 5) is 0. The van der Waals surface area contributed by atoms with Crippen molar-refractivity contribution >= 4 is 0 Å². The summed E-state index contributed by atoms with van der Waals surface area (Å²) in [6, 6.07) is 3.32. The maximum Gasteiger partial charge on any atom is 0.183 e. The average molecular weight is 197 g/mol. The highest BCUT2D eigenvalue weighted by Gasteiger charge is 2.12. The van der Waals surface area contributed by atoms with E-state index < -0.39 is 11.6 Å². The Balaban J connectivity index is 3.17. The molecule has 0 bridgehead atoms. The molecule has 0 amide bonds. The van der Waals surface area contributed by atoms with Gasteiger partial charge in [0.05, 0.1) is 11.7 Å². The molecule has 0 aliphatic carbocycles. The molecule has 1 rings (SSSR count). The van der Waals surface area contributed by atoms with Gasteiger partial charge in [-0.15, -0.1) is 0 Å². The Kier molecular flexibility index (Phi) is 3.03. The van der Waals surface area contributed by atoms with Crippen LogP contribution in [0.2, 0.25) is 0 Å². The highest BCUT2D eigenvalue weighted by atomic mass is 19.1. The molecule has 0 fully saturated rings. The molecule has 0 aromatic heterocycles. The number of hydrogen-bond donors (Lipinski definition) is 0. The Labute approximate surface area is 80.7 Å². The maximum atomic E-state index is 13.3. The lowest BCUT2D eigenvalue weighted by Gasteiger charge is -2.10. The average Bonchev–Trinajstić information content (AvgIpc) is 2.09. The van der Waals surface area contributed by atoms with E-state index in [4.69, 9.17) is 10.00 Å². The summed E-state index contributed by atoms with van der Waals surface area (Å²) in [7, 11) is 0. The fourth-order valence-electron chi connectivity index (χ4n) is 0.985. The van der Waals surface area contributed by atoms with Crippen molar-refractivity contribution in [1.29, 1.82) is 5.26 Å². The van der Waals surface area contributed by atoms with Gasteiger partial charge in [-0.3, -0.25) is 0 Å². The molecule has 1 aromatic rings. The van der Waals surface area contributed by atoms with E-state index >= 15 is 0 Å². The Morgan fingerprint density at radius 1 is 1.36 bits per heavy atom. The molecule has 14 heavy (non-hydrogen) atoms. The predicted molar refractivity (Wildman–Crippen MR) is 46.8 cm³/mol. The molecule has 4 heteroatoms. The lowest BCUT2D eigenvalue weighted by molar-refractivity contribution is 0.230. The molecule has 0 heterocycles. The molecule has 74 valence electrons. The third kappa shape index (κ3) is 2.19. The van der Waals surface area contributed by atoms with Gasteiger partial charge in [0.1, 0.15) is 11.9 Å². The number of hydrogen-bond acceptors (Lipinski definition) is 2. The van der Waals surface area contributed by atoms with Crippen LogP contribution in [-0.2, 0) is 0 Å². The van der Waals surface area contributed by atoms with E-state index in [9.17, 15) is 8.78 Å². The standard InChI is InChI=1S/C10H9F2NO/c1-6(2)14-9-4-8(11)3-7(5-13)10(9)12/h3-4,6H,1-2H3. The first kappa shape index (κ1) is 10.5. The van der Waals surface area contributed by atoms with Gasteiger partial charge in [-0.25, -0.2) is 8.78 Å². The number of nitrogens with zero attached hydrogens (tertiary/aromatic N) is 1. The van der Waals surface area contributed by atoms with Gasteiger partial charge in [-0.1, -0.05) is 0 Å². The quantitative estimate of drug-likeness (QED) is 0.730. The number of halogens is 2. The summed E-state index contributed by atoms with van der Waals surface area (Å²) in [5.74, 6) is -1.72. The second kappa shape index (κ2) is 4.05. The Morgan fingerprint density at radius 2 is 2.00 bits per heavy atom. The molecular formula is C10H9F2NO. The molecule has 0 aliphatic rings. The van der Waals surface area contributed by atoms with Crippen LogP contribution in [0, 0.1) is 23.0 Å². The van der Waals surface area contributed by atoms with Gasteiger partial charge < -0.3 is 4.74 Å². The van der Waals surface area contributed by atoms with Crippen LogP contribution in [0.25, 0.3) is 0 Å². The fraction of sp³-hybridized carbons (Fsp3) is 0.300. The molecule has 1 aromatic carbocycles. The summed E-state index contributed by atoms with van der Waals surface area (Å²) >= 11 is 0. The molecular weight excluding hydrogens is 188 g/mol. The minimum atomic E-state index is -0.817. The van der Waals surface area contributed by atoms with E-state index in [-0.39, 0.29) is 17.4 Å². The predicted octanol–water partition coefficient (Wildman–Crippen LogP) is 2.62. The summed E-state index contributed by atoms with van der Waals surface area (Å²) in [6.07, 6.45) is -0.266. The van der Waals surface area contributed by atoms with Gasteiger partial charge in [0.15, 0.2) is 11.6 Å². The van der Waals surface area contributed by atoms with Crippen molar-refractivity contribution in [2.24, 2.45) is 0 Å². The van der Waals surface area contributed by atoms with Gasteiger partial charge in [0, 0.05) is 6.07 Å². The van der Waals surface area contributed by atoms with Crippen molar-refractivity contribution in [1.82, 2.24) is 0 Å². The van der Waals surface area contributed by atoms with Crippen molar-refractivity contribution in [3.8, 4) is 11.8 Å². The largest absolute Gasteiger partial charge is 0.488 e. The normalized spacial score (nSPS) is 10.0. The van der Waals surface area contributed by atoms with Crippen LogP contribution in [0.1, 0.15) is 19.4 Å². The first-order valence-corrected chi connectivity index (χ1v) is 4.10. The van der Waals surface area contributed by atoms with Crippen molar-refractivity contribution in [2.75, 3.05) is 0 Å². The van der Waals surface area contributed by atoms with E-state index in [0.29, 0.717) is 0 Å². The third-order valence-corrected chi connectivity index (χ3v) is 1.49. The summed E-state index contributed by atoms with van der Waals surface area (Å²) in [5, 5.41) is 8.49. The Morgan fingerprint density at radius 3 is 2.50 bits per heavy atom. The van der Waals surface area contributed by atoms with Gasteiger partial charge in [-0.2, -0.15) is 5.26 Å².